The van der Waals surface area contributed by atoms with E-state index in [2.05, 4.69) is 0 Å². The number of rotatable bonds is 1. The molecule has 0 heterocycles. The third-order valence-electron chi connectivity index (χ3n) is 2.38. The van der Waals surface area contributed by atoms with Crippen LogP contribution in [0.4, 0.5) is 0 Å². The molecule has 1 rings (SSSR count). The van der Waals surface area contributed by atoms with Crippen LogP contribution in [0.2, 0.25) is 0 Å². The first-order chi connectivity index (χ1) is 7.03. The van der Waals surface area contributed by atoms with Gasteiger partial charge in [-0.2, -0.15) is 8.42 Å². The number of benzene rings is 1. The summed E-state index contributed by atoms with van der Waals surface area (Å²) < 4.78 is 31.1. The number of hydrogen-bond donors (Lipinski definition) is 2. The Balaban J connectivity index is 0.00000256. The van der Waals surface area contributed by atoms with Gasteiger partial charge in [-0.05, 0) is 30.0 Å². The van der Waals surface area contributed by atoms with Crippen LogP contribution in [0.5, 0.6) is 5.75 Å². The number of phenols is 1. The van der Waals surface area contributed by atoms with E-state index in [-0.39, 0.29) is 40.2 Å². The van der Waals surface area contributed by atoms with Crippen LogP contribution in [0.15, 0.2) is 17.0 Å². The zero-order chi connectivity index (χ0) is 12.7. The van der Waals surface area contributed by atoms with Gasteiger partial charge in [0.1, 0.15) is 5.75 Å². The van der Waals surface area contributed by atoms with Gasteiger partial charge in [0.05, 0.1) is 4.90 Å². The molecule has 0 radical (unpaired) electrons. The zero-order valence-electron chi connectivity index (χ0n) is 10.8. The van der Waals surface area contributed by atoms with Crippen LogP contribution in [-0.2, 0) is 15.5 Å². The van der Waals surface area contributed by atoms with Crippen molar-refractivity contribution < 1.29 is 47.6 Å². The Morgan fingerprint density at radius 1 is 1.18 bits per heavy atom. The van der Waals surface area contributed by atoms with E-state index in [4.69, 9.17) is 4.55 Å². The van der Waals surface area contributed by atoms with E-state index >= 15 is 0 Å². The van der Waals surface area contributed by atoms with E-state index < -0.39 is 15.5 Å². The molecule has 1 aromatic rings. The molecule has 0 amide bonds. The van der Waals surface area contributed by atoms with Gasteiger partial charge in [0, 0.05) is 5.56 Å². The van der Waals surface area contributed by atoms with Crippen molar-refractivity contribution in [3.8, 4) is 5.75 Å². The second-order valence-electron chi connectivity index (χ2n) is 4.86. The molecule has 90 valence electrons. The van der Waals surface area contributed by atoms with Crippen molar-refractivity contribution in [1.29, 1.82) is 0 Å². The molecular formula is C11H16NaO4S+. The van der Waals surface area contributed by atoms with E-state index in [0.717, 1.165) is 0 Å². The Labute approximate surface area is 124 Å². The number of aryl methyl sites for hydroxylation is 1. The predicted octanol–water partition coefficient (Wildman–Crippen LogP) is -0.751. The van der Waals surface area contributed by atoms with E-state index in [9.17, 15) is 13.5 Å². The van der Waals surface area contributed by atoms with Crippen LogP contribution in [0, 0.1) is 6.92 Å². The maximum atomic E-state index is 11.0. The van der Waals surface area contributed by atoms with Gasteiger partial charge in [-0.1, -0.05) is 20.8 Å². The first kappa shape index (κ1) is 16.9. The Hall–Kier alpha value is -0.0700. The second kappa shape index (κ2) is 5.28. The first-order valence-corrected chi connectivity index (χ1v) is 6.29. The van der Waals surface area contributed by atoms with E-state index in [1.54, 1.807) is 6.92 Å². The summed E-state index contributed by atoms with van der Waals surface area (Å²) in [7, 11) is -4.24. The average molecular weight is 267 g/mol. The van der Waals surface area contributed by atoms with E-state index in [1.807, 2.05) is 20.8 Å². The molecule has 0 aliphatic carbocycles. The summed E-state index contributed by atoms with van der Waals surface area (Å²) in [5.41, 5.74) is 0.537. The minimum atomic E-state index is -4.24. The molecule has 0 bridgehead atoms. The molecule has 2 N–H and O–H groups in total. The summed E-state index contributed by atoms with van der Waals surface area (Å²) in [4.78, 5) is -0.187. The number of phenolic OH excluding ortho intramolecular Hbond substituents is 1. The fourth-order valence-electron chi connectivity index (χ4n) is 1.47. The quantitative estimate of drug-likeness (QED) is 0.518. The Morgan fingerprint density at radius 3 is 2.00 bits per heavy atom. The molecule has 6 heteroatoms. The minimum absolute atomic E-state index is 0. The Morgan fingerprint density at radius 2 is 1.65 bits per heavy atom. The van der Waals surface area contributed by atoms with Crippen molar-refractivity contribution in [3.05, 3.63) is 23.3 Å². The van der Waals surface area contributed by atoms with E-state index in [1.165, 1.54) is 12.1 Å². The summed E-state index contributed by atoms with van der Waals surface area (Å²) >= 11 is 0. The first-order valence-electron chi connectivity index (χ1n) is 4.85. The van der Waals surface area contributed by atoms with Crippen LogP contribution >= 0.6 is 0 Å². The fraction of sp³-hybridized carbons (Fsp3) is 0.455. The van der Waals surface area contributed by atoms with Crippen LogP contribution in [0.25, 0.3) is 0 Å². The number of aromatic hydroxyl groups is 1. The molecule has 17 heavy (non-hydrogen) atoms. The van der Waals surface area contributed by atoms with Gasteiger partial charge in [-0.25, -0.2) is 0 Å². The largest absolute Gasteiger partial charge is 1.00 e. The molecule has 0 aliphatic heterocycles. The normalized spacial score (nSPS) is 12.1. The predicted molar refractivity (Wildman–Crippen MR) is 61.4 cm³/mol. The van der Waals surface area contributed by atoms with Gasteiger partial charge in [0.2, 0.25) is 0 Å². The average Bonchev–Trinajstić information content (AvgIpc) is 2.05. The fourth-order valence-corrected chi connectivity index (χ4v) is 2.06. The van der Waals surface area contributed by atoms with Crippen molar-refractivity contribution in [3.63, 3.8) is 0 Å². The van der Waals surface area contributed by atoms with Crippen molar-refractivity contribution in [2.24, 2.45) is 0 Å². The van der Waals surface area contributed by atoms with Gasteiger partial charge < -0.3 is 5.11 Å². The summed E-state index contributed by atoms with van der Waals surface area (Å²) in [5, 5.41) is 9.85. The molecule has 4 nitrogen and oxygen atoms in total. The molecule has 0 fully saturated rings. The molecule has 0 saturated heterocycles. The third kappa shape index (κ3) is 3.96. The summed E-state index contributed by atoms with van der Waals surface area (Å²) in [6, 6.07) is 2.55. The summed E-state index contributed by atoms with van der Waals surface area (Å²) in [5.74, 6) is 0.0694. The smallest absolute Gasteiger partial charge is 0.507 e. The molecule has 0 atom stereocenters. The van der Waals surface area contributed by atoms with Gasteiger partial charge in [0.25, 0.3) is 10.1 Å². The molecule has 0 aliphatic rings. The monoisotopic (exact) mass is 267 g/mol. The maximum Gasteiger partial charge on any atom is 1.00 e. The van der Waals surface area contributed by atoms with Crippen LogP contribution < -0.4 is 29.6 Å². The van der Waals surface area contributed by atoms with Gasteiger partial charge >= 0.3 is 29.6 Å². The van der Waals surface area contributed by atoms with Crippen LogP contribution in [-0.4, -0.2) is 18.1 Å². The number of hydrogen-bond acceptors (Lipinski definition) is 3. The SMILES string of the molecule is Cc1cc(S(=O)(=O)O)cc(C(C)(C)C)c1O.[Na+]. The summed E-state index contributed by atoms with van der Waals surface area (Å²) in [6.45, 7) is 7.17. The van der Waals surface area contributed by atoms with Crippen molar-refractivity contribution >= 4 is 10.1 Å². The van der Waals surface area contributed by atoms with Crippen molar-refractivity contribution in [2.75, 3.05) is 0 Å². The van der Waals surface area contributed by atoms with Crippen LogP contribution in [0.3, 0.4) is 0 Å². The van der Waals surface area contributed by atoms with Gasteiger partial charge in [-0.3, -0.25) is 4.55 Å². The molecule has 0 unspecified atom stereocenters. The standard InChI is InChI=1S/C11H16O4S.Na/c1-7-5-8(16(13,14)15)6-9(10(7)12)11(2,3)4;/h5-6,12H,1-4H3,(H,13,14,15);/q;+1. The molecular weight excluding hydrogens is 251 g/mol. The molecule has 0 saturated carbocycles. The summed E-state index contributed by atoms with van der Waals surface area (Å²) in [6.07, 6.45) is 0. The topological polar surface area (TPSA) is 74.6 Å². The Kier molecular flexibility index (Phi) is 5.26. The second-order valence-corrected chi connectivity index (χ2v) is 6.28. The van der Waals surface area contributed by atoms with Crippen LogP contribution in [0.1, 0.15) is 31.9 Å². The van der Waals surface area contributed by atoms with Crippen molar-refractivity contribution in [1.82, 2.24) is 0 Å². The van der Waals surface area contributed by atoms with Gasteiger partial charge in [-0.15, -0.1) is 0 Å². The van der Waals surface area contributed by atoms with Gasteiger partial charge in [0.15, 0.2) is 0 Å². The van der Waals surface area contributed by atoms with Crippen molar-refractivity contribution in [2.45, 2.75) is 38.0 Å². The van der Waals surface area contributed by atoms with E-state index in [0.29, 0.717) is 11.1 Å². The zero-order valence-corrected chi connectivity index (χ0v) is 13.6. The molecule has 0 spiro atoms. The third-order valence-corrected chi connectivity index (χ3v) is 3.21. The maximum absolute atomic E-state index is 11.0. The molecule has 0 aromatic heterocycles. The molecule has 1 aromatic carbocycles. The Bertz CT molecular complexity index is 515. The minimum Gasteiger partial charge on any atom is -0.507 e.